The van der Waals surface area contributed by atoms with E-state index < -0.39 is 11.1 Å². The predicted octanol–water partition coefficient (Wildman–Crippen LogP) is 2.98. The van der Waals surface area contributed by atoms with Gasteiger partial charge in [0.05, 0.1) is 19.1 Å². The van der Waals surface area contributed by atoms with Crippen LogP contribution in [-0.2, 0) is 16.1 Å². The molecule has 4 aliphatic rings. The Hall–Kier alpha value is -2.03. The van der Waals surface area contributed by atoms with Gasteiger partial charge in [0.2, 0.25) is 5.90 Å². The molecule has 0 amide bonds. The number of ether oxygens (including phenoxy) is 1. The normalized spacial score (nSPS) is 29.2. The smallest absolute Gasteiger partial charge is 0.207 e. The van der Waals surface area contributed by atoms with Gasteiger partial charge in [-0.2, -0.15) is 0 Å². The predicted molar refractivity (Wildman–Crippen MR) is 117 cm³/mol. The molecule has 1 fully saturated rings. The molecule has 0 bridgehead atoms. The lowest BCUT2D eigenvalue weighted by atomic mass is 9.70. The molecule has 2 N–H and O–H groups in total. The van der Waals surface area contributed by atoms with Crippen LogP contribution in [0.25, 0.3) is 0 Å². The summed E-state index contributed by atoms with van der Waals surface area (Å²) < 4.78 is 8.29. The summed E-state index contributed by atoms with van der Waals surface area (Å²) in [6.07, 6.45) is 11.2. The highest BCUT2D eigenvalue weighted by atomic mass is 35.5. The largest absolute Gasteiger partial charge is 0.445 e. The van der Waals surface area contributed by atoms with E-state index in [1.807, 2.05) is 16.7 Å². The van der Waals surface area contributed by atoms with E-state index >= 15 is 0 Å². The van der Waals surface area contributed by atoms with Crippen LogP contribution in [0.1, 0.15) is 64.2 Å². The van der Waals surface area contributed by atoms with Crippen LogP contribution in [0.3, 0.4) is 0 Å². The standard InChI is InChI=1S/C22H29ClN6O2/c1-14(2)29-13-25-28-18(29)12-24-11-16-10-21-9-15(23)8-17(30)19(21)26-22(27-20(21)31-16)6-4-3-5-7-22/h9-10,13-14,19,24,26H,3-8,11-12H2,1-2H3. The third-order valence-electron chi connectivity index (χ3n) is 6.73. The Morgan fingerprint density at radius 3 is 2.87 bits per heavy atom. The van der Waals surface area contributed by atoms with Gasteiger partial charge in [-0.3, -0.25) is 10.1 Å². The van der Waals surface area contributed by atoms with Crippen LogP contribution in [0.5, 0.6) is 0 Å². The van der Waals surface area contributed by atoms with E-state index in [1.165, 1.54) is 6.42 Å². The Morgan fingerprint density at radius 2 is 2.10 bits per heavy atom. The van der Waals surface area contributed by atoms with Crippen molar-refractivity contribution < 1.29 is 9.53 Å². The molecule has 2 aliphatic carbocycles. The first-order valence-electron chi connectivity index (χ1n) is 11.2. The summed E-state index contributed by atoms with van der Waals surface area (Å²) in [5.41, 5.74) is -1.14. The molecule has 5 rings (SSSR count). The van der Waals surface area contributed by atoms with Gasteiger partial charge in [0.15, 0.2) is 5.78 Å². The highest BCUT2D eigenvalue weighted by molar-refractivity contribution is 6.32. The quantitative estimate of drug-likeness (QED) is 0.725. The summed E-state index contributed by atoms with van der Waals surface area (Å²) in [7, 11) is 0. The third-order valence-corrected chi connectivity index (χ3v) is 6.97. The van der Waals surface area contributed by atoms with Gasteiger partial charge in [0.1, 0.15) is 29.0 Å². The first kappa shape index (κ1) is 20.8. The van der Waals surface area contributed by atoms with Crippen LogP contribution < -0.4 is 10.6 Å². The molecule has 8 nitrogen and oxygen atoms in total. The van der Waals surface area contributed by atoms with Crippen molar-refractivity contribution in [3.05, 3.63) is 35.1 Å². The van der Waals surface area contributed by atoms with E-state index in [-0.39, 0.29) is 18.2 Å². The minimum Gasteiger partial charge on any atom is -0.445 e. The second-order valence-electron chi connectivity index (χ2n) is 9.32. The van der Waals surface area contributed by atoms with E-state index in [4.69, 9.17) is 21.3 Å². The van der Waals surface area contributed by atoms with E-state index in [0.29, 0.717) is 30.1 Å². The Morgan fingerprint density at radius 1 is 1.29 bits per heavy atom. The van der Waals surface area contributed by atoms with E-state index in [2.05, 4.69) is 34.7 Å². The van der Waals surface area contributed by atoms with Gasteiger partial charge in [0.25, 0.3) is 0 Å². The van der Waals surface area contributed by atoms with Gasteiger partial charge in [0, 0.05) is 17.5 Å². The van der Waals surface area contributed by atoms with Gasteiger partial charge in [-0.1, -0.05) is 18.0 Å². The number of nitrogens with zero attached hydrogens (tertiary/aromatic N) is 4. The molecule has 166 valence electrons. The molecule has 31 heavy (non-hydrogen) atoms. The van der Waals surface area contributed by atoms with Crippen molar-refractivity contribution in [2.75, 3.05) is 6.54 Å². The van der Waals surface area contributed by atoms with E-state index in [9.17, 15) is 4.79 Å². The SMILES string of the molecule is CC(C)n1cnnc1CNCC1=CC23C=C(Cl)CC(=O)C2NC2(CCCCC2)N=C3O1. The first-order chi connectivity index (χ1) is 14.9. The highest BCUT2D eigenvalue weighted by Gasteiger charge is 2.57. The van der Waals surface area contributed by atoms with Crippen molar-refractivity contribution in [2.45, 2.75) is 76.7 Å². The second-order valence-corrected chi connectivity index (χ2v) is 9.80. The monoisotopic (exact) mass is 444 g/mol. The maximum Gasteiger partial charge on any atom is 0.207 e. The molecule has 2 spiro atoms. The molecule has 1 saturated carbocycles. The number of ketones is 1. The molecule has 1 aromatic heterocycles. The van der Waals surface area contributed by atoms with Crippen molar-refractivity contribution in [1.82, 2.24) is 25.4 Å². The van der Waals surface area contributed by atoms with E-state index in [0.717, 1.165) is 37.3 Å². The molecular formula is C22H29ClN6O2. The number of hydrogen-bond acceptors (Lipinski definition) is 7. The molecule has 3 heterocycles. The van der Waals surface area contributed by atoms with Crippen LogP contribution in [0.2, 0.25) is 0 Å². The van der Waals surface area contributed by atoms with Crippen molar-refractivity contribution in [1.29, 1.82) is 0 Å². The summed E-state index contributed by atoms with van der Waals surface area (Å²) in [5, 5.41) is 15.8. The number of carbonyl (C=O) groups is 1. The zero-order valence-electron chi connectivity index (χ0n) is 18.0. The fourth-order valence-electron chi connectivity index (χ4n) is 5.23. The highest BCUT2D eigenvalue weighted by Crippen LogP contribution is 2.48. The molecule has 2 unspecified atom stereocenters. The lowest BCUT2D eigenvalue weighted by molar-refractivity contribution is -0.123. The van der Waals surface area contributed by atoms with Gasteiger partial charge in [-0.15, -0.1) is 10.2 Å². The zero-order valence-corrected chi connectivity index (χ0v) is 18.8. The Bertz CT molecular complexity index is 974. The van der Waals surface area contributed by atoms with Crippen molar-refractivity contribution in [3.63, 3.8) is 0 Å². The number of rotatable bonds is 5. The maximum absolute atomic E-state index is 13.0. The summed E-state index contributed by atoms with van der Waals surface area (Å²) in [4.78, 5) is 18.1. The molecule has 9 heteroatoms. The molecule has 0 radical (unpaired) electrons. The Kier molecular flexibility index (Phi) is 5.27. The number of aliphatic imine (C=N–C) groups is 1. The Labute approximate surface area is 187 Å². The fourth-order valence-corrected chi connectivity index (χ4v) is 5.54. The van der Waals surface area contributed by atoms with Crippen LogP contribution in [0.4, 0.5) is 0 Å². The lowest BCUT2D eigenvalue weighted by Crippen LogP contribution is -2.65. The van der Waals surface area contributed by atoms with Gasteiger partial charge in [-0.05, 0) is 51.7 Å². The number of carbonyl (C=O) groups excluding carboxylic acids is 1. The maximum atomic E-state index is 13.0. The lowest BCUT2D eigenvalue weighted by Gasteiger charge is -2.47. The number of hydrogen-bond donors (Lipinski definition) is 2. The minimum absolute atomic E-state index is 0.101. The third kappa shape index (κ3) is 3.64. The molecule has 1 aromatic rings. The summed E-state index contributed by atoms with van der Waals surface area (Å²) in [6, 6.07) is -0.0916. The number of Topliss-reactive ketones (excluding diaryl/α,β-unsaturated/α-hetero) is 1. The summed E-state index contributed by atoms with van der Waals surface area (Å²) in [6.45, 7) is 5.27. The zero-order chi connectivity index (χ0) is 21.6. The average molecular weight is 445 g/mol. The van der Waals surface area contributed by atoms with E-state index in [1.54, 1.807) is 6.33 Å². The van der Waals surface area contributed by atoms with Gasteiger partial charge < -0.3 is 14.6 Å². The first-order valence-corrected chi connectivity index (χ1v) is 11.6. The number of nitrogens with one attached hydrogen (secondary N) is 2. The van der Waals surface area contributed by atoms with Crippen molar-refractivity contribution in [3.8, 4) is 0 Å². The summed E-state index contributed by atoms with van der Waals surface area (Å²) >= 11 is 6.38. The molecule has 0 aromatic carbocycles. The van der Waals surface area contributed by atoms with Crippen LogP contribution >= 0.6 is 11.6 Å². The number of aromatic nitrogens is 3. The molecule has 0 saturated heterocycles. The average Bonchev–Trinajstić information content (AvgIpc) is 3.32. The Balaban J connectivity index is 1.39. The summed E-state index contributed by atoms with van der Waals surface area (Å²) in [5.74, 6) is 2.33. The molecule has 2 atom stereocenters. The van der Waals surface area contributed by atoms with Gasteiger partial charge in [-0.25, -0.2) is 4.99 Å². The minimum atomic E-state index is -0.732. The van der Waals surface area contributed by atoms with Crippen molar-refractivity contribution >= 4 is 23.3 Å². The van der Waals surface area contributed by atoms with Crippen molar-refractivity contribution in [2.24, 2.45) is 10.4 Å². The fraction of sp³-hybridized carbons (Fsp3) is 0.636. The van der Waals surface area contributed by atoms with Crippen LogP contribution in [0, 0.1) is 5.41 Å². The topological polar surface area (TPSA) is 93.4 Å². The second kappa shape index (κ2) is 7.83. The van der Waals surface area contributed by atoms with Gasteiger partial charge >= 0.3 is 0 Å². The van der Waals surface area contributed by atoms with Crippen LogP contribution in [0.15, 0.2) is 34.3 Å². The molecule has 2 aliphatic heterocycles. The molecular weight excluding hydrogens is 416 g/mol. The van der Waals surface area contributed by atoms with Crippen LogP contribution in [-0.4, -0.2) is 44.7 Å². The number of halogens is 1. The number of allylic oxidation sites excluding steroid dienone is 1.